The Kier molecular flexibility index (Phi) is 4.20. The van der Waals surface area contributed by atoms with Gasteiger partial charge in [0, 0.05) is 26.1 Å². The van der Waals surface area contributed by atoms with Crippen molar-refractivity contribution in [2.75, 3.05) is 13.1 Å². The average Bonchev–Trinajstić information content (AvgIpc) is 2.98. The Hall–Kier alpha value is -2.90. The minimum Gasteiger partial charge on any atom is -0.481 e. The van der Waals surface area contributed by atoms with Gasteiger partial charge in [-0.25, -0.2) is 4.79 Å². The molecule has 2 N–H and O–H groups in total. The lowest BCUT2D eigenvalue weighted by Gasteiger charge is -2.20. The third-order valence-electron chi connectivity index (χ3n) is 4.80. The van der Waals surface area contributed by atoms with E-state index in [-0.39, 0.29) is 25.4 Å². The molecule has 1 amide bonds. The Labute approximate surface area is 142 Å². The summed E-state index contributed by atoms with van der Waals surface area (Å²) in [6.07, 6.45) is 0.473. The van der Waals surface area contributed by atoms with Crippen molar-refractivity contribution in [3.63, 3.8) is 0 Å². The Balaban J connectivity index is 1.78. The standard InChI is InChI=1S/C17H19N3O5/c1-17(15(23)24)7-9-19(10-17)13(21)6-8-20-12-5-3-2-4-11(12)14(22)18-16(20)25/h2-5H,6-10H2,1H3,(H,23,24)(H,18,22,25)/t17-/m0/s1. The van der Waals surface area contributed by atoms with Crippen LogP contribution in [0.25, 0.3) is 10.9 Å². The predicted molar refractivity (Wildman–Crippen MR) is 90.4 cm³/mol. The van der Waals surface area contributed by atoms with Crippen molar-refractivity contribution in [3.8, 4) is 0 Å². The lowest BCUT2D eigenvalue weighted by molar-refractivity contribution is -0.147. The van der Waals surface area contributed by atoms with Crippen molar-refractivity contribution in [2.45, 2.75) is 26.3 Å². The second-order valence-corrected chi connectivity index (χ2v) is 6.61. The van der Waals surface area contributed by atoms with Crippen LogP contribution in [-0.4, -0.2) is 44.5 Å². The maximum Gasteiger partial charge on any atom is 0.328 e. The van der Waals surface area contributed by atoms with Crippen LogP contribution in [0.2, 0.25) is 0 Å². The summed E-state index contributed by atoms with van der Waals surface area (Å²) in [6.45, 7) is 2.31. The summed E-state index contributed by atoms with van der Waals surface area (Å²) in [5.74, 6) is -1.11. The van der Waals surface area contributed by atoms with E-state index in [0.29, 0.717) is 23.9 Å². The summed E-state index contributed by atoms with van der Waals surface area (Å²) in [7, 11) is 0. The highest BCUT2D eigenvalue weighted by atomic mass is 16.4. The number of fused-ring (bicyclic) bond motifs is 1. The molecule has 0 spiro atoms. The van der Waals surface area contributed by atoms with E-state index in [1.807, 2.05) is 0 Å². The van der Waals surface area contributed by atoms with Crippen LogP contribution < -0.4 is 11.2 Å². The van der Waals surface area contributed by atoms with Crippen LogP contribution in [0.3, 0.4) is 0 Å². The molecular formula is C17H19N3O5. The SMILES string of the molecule is C[C@]1(C(=O)O)CCN(C(=O)CCn2c(=O)[nH]c(=O)c3ccccc32)C1. The molecule has 0 unspecified atom stereocenters. The number of aromatic amines is 1. The number of aromatic nitrogens is 2. The van der Waals surface area contributed by atoms with E-state index in [0.717, 1.165) is 0 Å². The lowest BCUT2D eigenvalue weighted by Crippen LogP contribution is -2.36. The van der Waals surface area contributed by atoms with Crippen LogP contribution >= 0.6 is 0 Å². The molecule has 3 rings (SSSR count). The van der Waals surface area contributed by atoms with Gasteiger partial charge in [0.25, 0.3) is 5.56 Å². The van der Waals surface area contributed by atoms with Gasteiger partial charge in [-0.05, 0) is 25.5 Å². The third-order valence-corrected chi connectivity index (χ3v) is 4.80. The quantitative estimate of drug-likeness (QED) is 0.833. The van der Waals surface area contributed by atoms with E-state index in [9.17, 15) is 24.3 Å². The first-order valence-corrected chi connectivity index (χ1v) is 8.05. The third kappa shape index (κ3) is 3.07. The lowest BCUT2D eigenvalue weighted by atomic mass is 9.90. The molecule has 1 aromatic carbocycles. The molecule has 1 atom stereocenters. The van der Waals surface area contributed by atoms with Gasteiger partial charge >= 0.3 is 11.7 Å². The fourth-order valence-electron chi connectivity index (χ4n) is 3.18. The molecular weight excluding hydrogens is 326 g/mol. The number of nitrogens with one attached hydrogen (secondary N) is 1. The molecule has 1 saturated heterocycles. The van der Waals surface area contributed by atoms with Crippen LogP contribution in [0.15, 0.2) is 33.9 Å². The molecule has 0 radical (unpaired) electrons. The monoisotopic (exact) mass is 345 g/mol. The number of carbonyl (C=O) groups is 2. The number of benzene rings is 1. The number of hydrogen-bond donors (Lipinski definition) is 2. The number of para-hydroxylation sites is 1. The number of nitrogens with zero attached hydrogens (tertiary/aromatic N) is 2. The summed E-state index contributed by atoms with van der Waals surface area (Å²) in [6, 6.07) is 6.70. The van der Waals surface area contributed by atoms with Crippen LogP contribution in [0.4, 0.5) is 0 Å². The molecule has 2 aromatic rings. The maximum atomic E-state index is 12.4. The number of H-pyrrole nitrogens is 1. The first-order valence-electron chi connectivity index (χ1n) is 8.05. The Morgan fingerprint density at radius 2 is 2.00 bits per heavy atom. The first kappa shape index (κ1) is 16.9. The first-order chi connectivity index (χ1) is 11.8. The van der Waals surface area contributed by atoms with Crippen LogP contribution in [0, 0.1) is 5.41 Å². The molecule has 132 valence electrons. The molecule has 0 aliphatic carbocycles. The second-order valence-electron chi connectivity index (χ2n) is 6.61. The van der Waals surface area contributed by atoms with E-state index in [1.165, 1.54) is 9.47 Å². The van der Waals surface area contributed by atoms with Gasteiger partial charge in [-0.1, -0.05) is 12.1 Å². The van der Waals surface area contributed by atoms with Gasteiger partial charge in [0.15, 0.2) is 0 Å². The highest BCUT2D eigenvalue weighted by molar-refractivity contribution is 5.81. The van der Waals surface area contributed by atoms with Crippen molar-refractivity contribution in [3.05, 3.63) is 45.1 Å². The Bertz CT molecular complexity index is 961. The number of rotatable bonds is 4. The zero-order valence-electron chi connectivity index (χ0n) is 13.8. The average molecular weight is 345 g/mol. The van der Waals surface area contributed by atoms with Gasteiger partial charge in [0.1, 0.15) is 0 Å². The zero-order valence-corrected chi connectivity index (χ0v) is 13.8. The number of aryl methyl sites for hydroxylation is 1. The van der Waals surface area contributed by atoms with Gasteiger partial charge in [0.05, 0.1) is 16.3 Å². The largest absolute Gasteiger partial charge is 0.481 e. The van der Waals surface area contributed by atoms with Crippen molar-refractivity contribution < 1.29 is 14.7 Å². The molecule has 0 bridgehead atoms. The van der Waals surface area contributed by atoms with Crippen molar-refractivity contribution in [1.82, 2.24) is 14.5 Å². The summed E-state index contributed by atoms with van der Waals surface area (Å²) < 4.78 is 1.36. The van der Waals surface area contributed by atoms with E-state index in [1.54, 1.807) is 31.2 Å². The number of carbonyl (C=O) groups excluding carboxylic acids is 1. The van der Waals surface area contributed by atoms with Crippen molar-refractivity contribution in [2.24, 2.45) is 5.41 Å². The van der Waals surface area contributed by atoms with Gasteiger partial charge in [-0.2, -0.15) is 0 Å². The maximum absolute atomic E-state index is 12.4. The van der Waals surface area contributed by atoms with Crippen molar-refractivity contribution >= 4 is 22.8 Å². The highest BCUT2D eigenvalue weighted by Crippen LogP contribution is 2.30. The fraction of sp³-hybridized carbons (Fsp3) is 0.412. The van der Waals surface area contributed by atoms with E-state index >= 15 is 0 Å². The van der Waals surface area contributed by atoms with E-state index in [4.69, 9.17) is 0 Å². The number of carboxylic acid groups (broad SMARTS) is 1. The number of carboxylic acids is 1. The van der Waals surface area contributed by atoms with Gasteiger partial charge in [0.2, 0.25) is 5.91 Å². The van der Waals surface area contributed by atoms with E-state index < -0.39 is 22.6 Å². The summed E-state index contributed by atoms with van der Waals surface area (Å²) >= 11 is 0. The predicted octanol–water partition coefficient (Wildman–Crippen LogP) is 0.403. The van der Waals surface area contributed by atoms with Crippen LogP contribution in [0.1, 0.15) is 19.8 Å². The number of aliphatic carboxylic acids is 1. The normalized spacial score (nSPS) is 20.1. The summed E-state index contributed by atoms with van der Waals surface area (Å²) in [5.41, 5.74) is -1.47. The molecule has 1 aliphatic heterocycles. The number of likely N-dealkylation sites (tertiary alicyclic amines) is 1. The number of amides is 1. The van der Waals surface area contributed by atoms with Gasteiger partial charge in [-0.3, -0.25) is 23.9 Å². The molecule has 25 heavy (non-hydrogen) atoms. The van der Waals surface area contributed by atoms with Gasteiger partial charge in [-0.15, -0.1) is 0 Å². The van der Waals surface area contributed by atoms with Crippen LogP contribution in [-0.2, 0) is 16.1 Å². The minimum atomic E-state index is -0.919. The number of hydrogen-bond acceptors (Lipinski definition) is 4. The molecule has 8 nitrogen and oxygen atoms in total. The summed E-state index contributed by atoms with van der Waals surface area (Å²) in [5, 5.41) is 9.63. The second kappa shape index (κ2) is 6.19. The molecule has 1 fully saturated rings. The fourth-order valence-corrected chi connectivity index (χ4v) is 3.18. The van der Waals surface area contributed by atoms with Gasteiger partial charge < -0.3 is 10.0 Å². The highest BCUT2D eigenvalue weighted by Gasteiger charge is 2.41. The molecule has 8 heteroatoms. The smallest absolute Gasteiger partial charge is 0.328 e. The molecule has 1 aliphatic rings. The zero-order chi connectivity index (χ0) is 18.2. The van der Waals surface area contributed by atoms with E-state index in [2.05, 4.69) is 4.98 Å². The summed E-state index contributed by atoms with van der Waals surface area (Å²) in [4.78, 5) is 51.4. The van der Waals surface area contributed by atoms with Crippen molar-refractivity contribution in [1.29, 1.82) is 0 Å². The minimum absolute atomic E-state index is 0.0612. The molecule has 0 saturated carbocycles. The Morgan fingerprint density at radius 1 is 1.28 bits per heavy atom. The topological polar surface area (TPSA) is 112 Å². The molecule has 1 aromatic heterocycles. The molecule has 2 heterocycles. The Morgan fingerprint density at radius 3 is 2.68 bits per heavy atom. The van der Waals surface area contributed by atoms with Crippen LogP contribution in [0.5, 0.6) is 0 Å².